The van der Waals surface area contributed by atoms with Crippen molar-refractivity contribution in [3.8, 4) is 69.0 Å². The number of aryl methyl sites for hydroxylation is 17. The van der Waals surface area contributed by atoms with E-state index in [4.69, 9.17) is 33.2 Å². The minimum Gasteiger partial charge on any atom is -0.508 e. The number of phenols is 5. The molecule has 5 N–H and O–H groups in total. The Hall–Kier alpha value is -11.8. The summed E-state index contributed by atoms with van der Waals surface area (Å²) in [6.07, 6.45) is -1.20. The zero-order chi connectivity index (χ0) is 107. The quantitative estimate of drug-likeness (QED) is 0.0979. The van der Waals surface area contributed by atoms with Crippen LogP contribution in [0.1, 0.15) is 409 Å². The molecule has 12 aromatic rings. The third-order valence-electron chi connectivity index (χ3n) is 38.4. The standard InChI is InChI=1S/C45H56O4.C44H52O4.C44H54O4/c1-21-16-32(17-22(2)26(21)6)42-44(12,13)31(11)36-29(9)37(39(47)30(10)41(36)49-42)38-35-25(5)20-34(46)28(8)40(35)48-43(45(38,14)15)33-18-23(3)27(7)24(4)19-33;1-21-15-31(16-22(2)27(21)7)41-42(11,12)30(10)35-26(6)20-34-37(40(35)46-41)38-36-25(5)19-33(45)29(9)39(36)48-44(47-34,43(38,13)14)32-17-23(3)28(8)24(4)18-32;1-21-15-31(16-22(2)27(21)7)41-43(11,12)30(10)35-25(5)20-34(46)37(40(35)48-41)38-36-26(6)19-33(45)29(9)39(36)47-42(44(38,13)14)32-17-23(3)28(8)24(4)18-32/h16-20,31,38,42-43,46-47H,1-15H3;15-20,30,38,41,45H,1-14H3;15-20,30,38,41-42,45-46H,1-14H3. The fraction of sp³-hybridized carbons (Fsp3) is 0.459. The van der Waals surface area contributed by atoms with Crippen LogP contribution in [0.25, 0.3) is 0 Å². The highest BCUT2D eigenvalue weighted by Crippen LogP contribution is 2.73. The van der Waals surface area contributed by atoms with E-state index in [-0.39, 0.29) is 111 Å². The summed E-state index contributed by atoms with van der Waals surface area (Å²) in [5.41, 5.74) is 45.9. The zero-order valence-corrected chi connectivity index (χ0v) is 95.3. The van der Waals surface area contributed by atoms with Gasteiger partial charge in [-0.15, -0.1) is 0 Å². The smallest absolute Gasteiger partial charge is 0.284 e. The average molecular weight is 1950 g/mol. The highest BCUT2D eigenvalue weighted by molar-refractivity contribution is 5.73. The third-order valence-corrected chi connectivity index (χ3v) is 38.4. The number of hydrogen-bond acceptors (Lipinski definition) is 12. The number of fused-ring (bicyclic) bond motifs is 12. The second-order valence-electron chi connectivity index (χ2n) is 49.4. The van der Waals surface area contributed by atoms with Crippen molar-refractivity contribution in [2.45, 2.75) is 370 Å². The Morgan fingerprint density at radius 3 is 0.779 bits per heavy atom. The molecule has 7 aliphatic rings. The first-order chi connectivity index (χ1) is 67.3. The molecule has 0 saturated heterocycles. The van der Waals surface area contributed by atoms with Crippen LogP contribution in [0, 0.1) is 226 Å². The molecule has 12 nitrogen and oxygen atoms in total. The van der Waals surface area contributed by atoms with Crippen LogP contribution in [0.4, 0.5) is 0 Å². The van der Waals surface area contributed by atoms with Gasteiger partial charge in [-0.25, -0.2) is 0 Å². The third kappa shape index (κ3) is 15.9. The molecule has 0 aromatic heterocycles. The summed E-state index contributed by atoms with van der Waals surface area (Å²) in [4.78, 5) is 0. The fourth-order valence-electron chi connectivity index (χ4n) is 26.9. The van der Waals surface area contributed by atoms with Crippen molar-refractivity contribution in [1.82, 2.24) is 0 Å². The monoisotopic (exact) mass is 1950 g/mol. The second kappa shape index (κ2) is 35.8. The largest absolute Gasteiger partial charge is 0.508 e. The molecule has 7 heterocycles. The first-order valence-corrected chi connectivity index (χ1v) is 52.9. The highest BCUT2D eigenvalue weighted by Gasteiger charge is 2.66. The Kier molecular flexibility index (Phi) is 25.8. The molecule has 12 heteroatoms. The van der Waals surface area contributed by atoms with Crippen molar-refractivity contribution >= 4 is 0 Å². The van der Waals surface area contributed by atoms with Crippen molar-refractivity contribution in [2.75, 3.05) is 0 Å². The van der Waals surface area contributed by atoms with Gasteiger partial charge in [0.1, 0.15) is 99.5 Å². The van der Waals surface area contributed by atoms with Gasteiger partial charge >= 0.3 is 0 Å². The molecule has 12 aromatic carbocycles. The molecule has 12 atom stereocenters. The minimum atomic E-state index is -1.14. The van der Waals surface area contributed by atoms with E-state index < -0.39 is 22.0 Å². The van der Waals surface area contributed by atoms with Gasteiger partial charge in [0.15, 0.2) is 0 Å². The molecule has 0 fully saturated rings. The molecule has 0 spiro atoms. The van der Waals surface area contributed by atoms with Crippen LogP contribution in [-0.4, -0.2) is 25.5 Å². The molecule has 0 amide bonds. The van der Waals surface area contributed by atoms with Crippen LogP contribution in [0.5, 0.6) is 69.0 Å². The van der Waals surface area contributed by atoms with Crippen molar-refractivity contribution in [3.63, 3.8) is 0 Å². The van der Waals surface area contributed by atoms with Crippen LogP contribution in [0.3, 0.4) is 0 Å². The van der Waals surface area contributed by atoms with Gasteiger partial charge in [0.25, 0.3) is 5.79 Å². The summed E-state index contributed by atoms with van der Waals surface area (Å²) in [5, 5.41) is 57.9. The average Bonchev–Trinajstić information content (AvgIpc) is 0.665. The number of rotatable bonds is 8. The number of aromatic hydroxyl groups is 5. The van der Waals surface area contributed by atoms with Gasteiger partial charge in [0.2, 0.25) is 0 Å². The summed E-state index contributed by atoms with van der Waals surface area (Å²) < 4.78 is 50.5. The number of hydrogen-bond donors (Lipinski definition) is 5. The number of ether oxygens (including phenoxy) is 7. The summed E-state index contributed by atoms with van der Waals surface area (Å²) >= 11 is 0. The molecule has 19 rings (SSSR count). The molecular formula is C133H162O12. The van der Waals surface area contributed by atoms with E-state index in [2.05, 4.69) is 335 Å². The summed E-state index contributed by atoms with van der Waals surface area (Å²) in [6.45, 7) is 94.2. The van der Waals surface area contributed by atoms with Gasteiger partial charge in [-0.1, -0.05) is 165 Å². The lowest BCUT2D eigenvalue weighted by Gasteiger charge is -2.58. The Morgan fingerprint density at radius 1 is 0.200 bits per heavy atom. The molecular weight excluding hydrogens is 1790 g/mol. The molecule has 766 valence electrons. The molecule has 145 heavy (non-hydrogen) atoms. The van der Waals surface area contributed by atoms with Gasteiger partial charge in [0, 0.05) is 123 Å². The van der Waals surface area contributed by atoms with Crippen LogP contribution in [0.2, 0.25) is 0 Å². The van der Waals surface area contributed by atoms with E-state index in [0.29, 0.717) is 22.8 Å². The van der Waals surface area contributed by atoms with Crippen LogP contribution in [-0.2, 0) is 5.79 Å². The summed E-state index contributed by atoms with van der Waals surface area (Å²) in [5.74, 6) is 5.37. The SMILES string of the molecule is Cc1cc(C2Oc3c(C)c(O)c(C4c5c(C)cc(O)c(C)c5OC(c5cc(C)c(C)c(C)c5)C4(C)C)c(C)c3C(C)C2(C)C)cc(C)c1C.Cc1cc(C2Oc3c(c(C)cc(O)c3C3c4c(C)cc(O)c(C)c4OC(c4cc(C)c(C)c(C)c4)C3(C)C)C(C)C2(C)C)cc(C)c1C.Cc1cc(C2Oc3c(c(C)cc4c3C3c5c(C)cc(O)c(C)c5OC(c5cc(C)c(C)c(C)c5)(O4)C3(C)C)C(C)C2(C)C)cc(C)c1C. The zero-order valence-electron chi connectivity index (χ0n) is 95.3. The Bertz CT molecular complexity index is 7280. The number of benzene rings is 12. The van der Waals surface area contributed by atoms with Crippen molar-refractivity contribution in [2.24, 2.45) is 32.5 Å². The van der Waals surface area contributed by atoms with Gasteiger partial charge in [-0.05, 0) is 415 Å². The maximum atomic E-state index is 12.5. The van der Waals surface area contributed by atoms with E-state index in [1.165, 1.54) is 128 Å². The van der Waals surface area contributed by atoms with Crippen molar-refractivity contribution < 1.29 is 58.7 Å². The van der Waals surface area contributed by atoms with E-state index in [1.54, 1.807) is 0 Å². The summed E-state index contributed by atoms with van der Waals surface area (Å²) in [7, 11) is 0. The predicted octanol–water partition coefficient (Wildman–Crippen LogP) is 34.4. The highest BCUT2D eigenvalue weighted by atomic mass is 16.7. The fourth-order valence-corrected chi connectivity index (χ4v) is 26.9. The lowest BCUT2D eigenvalue weighted by molar-refractivity contribution is -0.228. The second-order valence-corrected chi connectivity index (χ2v) is 49.4. The Labute approximate surface area is 866 Å². The van der Waals surface area contributed by atoms with Gasteiger partial charge in [-0.2, -0.15) is 0 Å². The molecule has 0 saturated carbocycles. The molecule has 2 bridgehead atoms. The molecule has 0 radical (unpaired) electrons. The first-order valence-electron chi connectivity index (χ1n) is 52.9. The van der Waals surface area contributed by atoms with Crippen molar-refractivity contribution in [3.05, 3.63) is 342 Å². The lowest BCUT2D eigenvalue weighted by atomic mass is 9.58. The Balaban J connectivity index is 0.000000149. The molecule has 7 aliphatic heterocycles. The van der Waals surface area contributed by atoms with Crippen molar-refractivity contribution in [1.29, 1.82) is 0 Å². The first kappa shape index (κ1) is 105. The lowest BCUT2D eigenvalue weighted by Crippen LogP contribution is -2.59. The van der Waals surface area contributed by atoms with E-state index in [9.17, 15) is 25.5 Å². The van der Waals surface area contributed by atoms with E-state index in [1.807, 2.05) is 65.8 Å². The normalized spacial score (nSPS) is 23.0. The van der Waals surface area contributed by atoms with Crippen LogP contribution in [0.15, 0.2) is 103 Å². The maximum Gasteiger partial charge on any atom is 0.284 e. The van der Waals surface area contributed by atoms with E-state index in [0.717, 1.165) is 129 Å². The minimum absolute atomic E-state index is 0.129. The van der Waals surface area contributed by atoms with Crippen LogP contribution < -0.4 is 33.2 Å². The predicted molar refractivity (Wildman–Crippen MR) is 592 cm³/mol. The topological polar surface area (TPSA) is 166 Å². The van der Waals surface area contributed by atoms with Gasteiger partial charge in [0.05, 0.1) is 5.41 Å². The maximum absolute atomic E-state index is 12.5. The van der Waals surface area contributed by atoms with E-state index >= 15 is 0 Å². The molecule has 0 aliphatic carbocycles. The van der Waals surface area contributed by atoms with Gasteiger partial charge in [-0.3, -0.25) is 0 Å². The Morgan fingerprint density at radius 2 is 0.448 bits per heavy atom. The number of phenolic OH excluding ortho intramolecular Hbond substituents is 5. The molecule has 12 unspecified atom stereocenters. The summed E-state index contributed by atoms with van der Waals surface area (Å²) in [6, 6.07) is 37.0. The van der Waals surface area contributed by atoms with Crippen LogP contribution >= 0.6 is 0 Å². The van der Waals surface area contributed by atoms with Gasteiger partial charge < -0.3 is 58.7 Å².